The van der Waals surface area contributed by atoms with Crippen LogP contribution in [0.2, 0.25) is 5.02 Å². The lowest BCUT2D eigenvalue weighted by atomic mass is 10.3. The maximum atomic E-state index is 6.18. The van der Waals surface area contributed by atoms with Crippen molar-refractivity contribution in [3.05, 3.63) is 39.6 Å². The molecule has 1 heterocycles. The molecule has 5 nitrogen and oxygen atoms in total. The molecule has 0 aliphatic carbocycles. The molecule has 2 rings (SSSR count). The van der Waals surface area contributed by atoms with Gasteiger partial charge in [0.25, 0.3) is 0 Å². The molecule has 21 heavy (non-hydrogen) atoms. The van der Waals surface area contributed by atoms with Gasteiger partial charge in [-0.1, -0.05) is 27.5 Å². The lowest BCUT2D eigenvalue weighted by Crippen LogP contribution is -2.05. The van der Waals surface area contributed by atoms with Crippen LogP contribution in [0.15, 0.2) is 28.7 Å². The van der Waals surface area contributed by atoms with Gasteiger partial charge in [0.15, 0.2) is 5.82 Å². The van der Waals surface area contributed by atoms with E-state index < -0.39 is 0 Å². The fourth-order valence-corrected chi connectivity index (χ4v) is 2.20. The second kappa shape index (κ2) is 7.59. The molecule has 1 aromatic carbocycles. The number of aromatic nitrogens is 2. The summed E-state index contributed by atoms with van der Waals surface area (Å²) in [6, 6.07) is 7.40. The summed E-state index contributed by atoms with van der Waals surface area (Å²) in [6.07, 6.45) is 0. The number of benzene rings is 1. The molecule has 0 aliphatic rings. The number of hydrogen-bond acceptors (Lipinski definition) is 5. The zero-order chi connectivity index (χ0) is 15.2. The van der Waals surface area contributed by atoms with E-state index in [1.807, 2.05) is 38.2 Å². The van der Waals surface area contributed by atoms with E-state index >= 15 is 0 Å². The predicted molar refractivity (Wildman–Crippen MR) is 89.3 cm³/mol. The first kappa shape index (κ1) is 16.0. The lowest BCUT2D eigenvalue weighted by molar-refractivity contribution is 0.128. The first-order chi connectivity index (χ1) is 10.1. The maximum absolute atomic E-state index is 6.18. The van der Waals surface area contributed by atoms with Crippen molar-refractivity contribution in [2.24, 2.45) is 0 Å². The van der Waals surface area contributed by atoms with Gasteiger partial charge in [-0.05, 0) is 25.1 Å². The van der Waals surface area contributed by atoms with Crippen LogP contribution in [0.4, 0.5) is 17.3 Å². The molecule has 0 amide bonds. The highest BCUT2D eigenvalue weighted by atomic mass is 79.9. The maximum Gasteiger partial charge on any atom is 0.158 e. The Balaban J connectivity index is 2.27. The van der Waals surface area contributed by atoms with E-state index in [0.717, 1.165) is 10.2 Å². The van der Waals surface area contributed by atoms with Crippen molar-refractivity contribution in [3.63, 3.8) is 0 Å². The third-order valence-electron chi connectivity index (χ3n) is 2.66. The Kier molecular flexibility index (Phi) is 5.78. The Bertz CT molecular complexity index is 624. The normalized spacial score (nSPS) is 10.5. The highest BCUT2D eigenvalue weighted by Gasteiger charge is 2.07. The van der Waals surface area contributed by atoms with Crippen LogP contribution in [-0.2, 0) is 11.3 Å². The first-order valence-corrected chi connectivity index (χ1v) is 7.65. The fraction of sp³-hybridized carbons (Fsp3) is 0.286. The van der Waals surface area contributed by atoms with Crippen LogP contribution in [-0.4, -0.2) is 23.6 Å². The van der Waals surface area contributed by atoms with Gasteiger partial charge >= 0.3 is 0 Å². The van der Waals surface area contributed by atoms with Gasteiger partial charge in [-0.2, -0.15) is 0 Å². The minimum atomic E-state index is 0.368. The second-order valence-corrected chi connectivity index (χ2v) is 5.51. The van der Waals surface area contributed by atoms with Crippen molar-refractivity contribution in [3.8, 4) is 0 Å². The zero-order valence-corrected chi connectivity index (χ0v) is 14.1. The van der Waals surface area contributed by atoms with Gasteiger partial charge in [0, 0.05) is 24.2 Å². The summed E-state index contributed by atoms with van der Waals surface area (Å²) in [5.41, 5.74) is 0.772. The molecule has 7 heteroatoms. The smallest absolute Gasteiger partial charge is 0.158 e. The van der Waals surface area contributed by atoms with Crippen LogP contribution in [0, 0.1) is 0 Å². The third kappa shape index (κ3) is 4.56. The molecule has 0 saturated heterocycles. The average molecular weight is 372 g/mol. The molecular weight excluding hydrogens is 356 g/mol. The number of rotatable bonds is 6. The van der Waals surface area contributed by atoms with E-state index in [2.05, 4.69) is 36.5 Å². The molecule has 2 aromatic rings. The molecule has 2 N–H and O–H groups in total. The van der Waals surface area contributed by atoms with Crippen molar-refractivity contribution in [2.75, 3.05) is 24.3 Å². The van der Waals surface area contributed by atoms with Gasteiger partial charge in [0.2, 0.25) is 0 Å². The van der Waals surface area contributed by atoms with Gasteiger partial charge in [0.05, 0.1) is 10.7 Å². The van der Waals surface area contributed by atoms with Crippen molar-refractivity contribution in [1.82, 2.24) is 9.97 Å². The van der Waals surface area contributed by atoms with E-state index in [4.69, 9.17) is 16.3 Å². The monoisotopic (exact) mass is 370 g/mol. The van der Waals surface area contributed by atoms with E-state index in [9.17, 15) is 0 Å². The molecule has 0 saturated carbocycles. The average Bonchev–Trinajstić information content (AvgIpc) is 2.48. The van der Waals surface area contributed by atoms with Gasteiger partial charge in [0.1, 0.15) is 18.2 Å². The summed E-state index contributed by atoms with van der Waals surface area (Å²) >= 11 is 9.60. The summed E-state index contributed by atoms with van der Waals surface area (Å²) in [5, 5.41) is 6.82. The Morgan fingerprint density at radius 2 is 2.00 bits per heavy atom. The van der Waals surface area contributed by atoms with Crippen molar-refractivity contribution in [1.29, 1.82) is 0 Å². The molecule has 1 aromatic heterocycles. The summed E-state index contributed by atoms with van der Waals surface area (Å²) in [7, 11) is 1.81. The van der Waals surface area contributed by atoms with Crippen LogP contribution in [0.1, 0.15) is 12.7 Å². The molecule has 0 bridgehead atoms. The molecule has 0 fully saturated rings. The SMILES string of the molecule is CCOCc1nc(NC)cc(Nc2cc(Br)ccc2Cl)n1. The van der Waals surface area contributed by atoms with E-state index in [1.165, 1.54) is 0 Å². The third-order valence-corrected chi connectivity index (χ3v) is 3.48. The van der Waals surface area contributed by atoms with Gasteiger partial charge in [-0.3, -0.25) is 0 Å². The zero-order valence-electron chi connectivity index (χ0n) is 11.8. The van der Waals surface area contributed by atoms with Gasteiger partial charge in [-0.15, -0.1) is 0 Å². The Labute approximate surface area is 137 Å². The quantitative estimate of drug-likeness (QED) is 0.796. The highest BCUT2D eigenvalue weighted by Crippen LogP contribution is 2.28. The Hall–Kier alpha value is -1.37. The van der Waals surface area contributed by atoms with Crippen molar-refractivity contribution >= 4 is 44.9 Å². The fourth-order valence-electron chi connectivity index (χ4n) is 1.68. The molecule has 0 spiro atoms. The summed E-state index contributed by atoms with van der Waals surface area (Å²) in [5.74, 6) is 1.98. The molecule has 0 unspecified atom stereocenters. The van der Waals surface area contributed by atoms with Crippen molar-refractivity contribution in [2.45, 2.75) is 13.5 Å². The van der Waals surface area contributed by atoms with E-state index in [0.29, 0.717) is 35.7 Å². The second-order valence-electron chi connectivity index (χ2n) is 4.19. The number of nitrogens with zero attached hydrogens (tertiary/aromatic N) is 2. The predicted octanol–water partition coefficient (Wildman–Crippen LogP) is 4.21. The van der Waals surface area contributed by atoms with Crippen LogP contribution >= 0.6 is 27.5 Å². The Morgan fingerprint density at radius 3 is 2.71 bits per heavy atom. The summed E-state index contributed by atoms with van der Waals surface area (Å²) in [4.78, 5) is 8.77. The van der Waals surface area contributed by atoms with E-state index in [1.54, 1.807) is 0 Å². The lowest BCUT2D eigenvalue weighted by Gasteiger charge is -2.11. The molecule has 0 atom stereocenters. The van der Waals surface area contributed by atoms with E-state index in [-0.39, 0.29) is 0 Å². The first-order valence-electron chi connectivity index (χ1n) is 6.48. The van der Waals surface area contributed by atoms with Crippen LogP contribution in [0.3, 0.4) is 0 Å². The summed E-state index contributed by atoms with van der Waals surface area (Å²) in [6.45, 7) is 2.92. The standard InChI is InChI=1S/C14H16BrClN4O/c1-3-21-8-14-19-12(17-2)7-13(20-14)18-11-6-9(15)4-5-10(11)16/h4-7H,3,8H2,1-2H3,(H2,17,18,19,20). The van der Waals surface area contributed by atoms with Gasteiger partial charge in [-0.25, -0.2) is 9.97 Å². The minimum absolute atomic E-state index is 0.368. The number of anilines is 3. The highest BCUT2D eigenvalue weighted by molar-refractivity contribution is 9.10. The number of halogens is 2. The topological polar surface area (TPSA) is 59.1 Å². The van der Waals surface area contributed by atoms with Crippen LogP contribution in [0.25, 0.3) is 0 Å². The number of nitrogens with one attached hydrogen (secondary N) is 2. The number of hydrogen-bond donors (Lipinski definition) is 2. The number of ether oxygens (including phenoxy) is 1. The van der Waals surface area contributed by atoms with Crippen LogP contribution in [0.5, 0.6) is 0 Å². The van der Waals surface area contributed by atoms with Crippen molar-refractivity contribution < 1.29 is 4.74 Å². The van der Waals surface area contributed by atoms with Crippen LogP contribution < -0.4 is 10.6 Å². The molecule has 112 valence electrons. The Morgan fingerprint density at radius 1 is 1.24 bits per heavy atom. The minimum Gasteiger partial charge on any atom is -0.374 e. The van der Waals surface area contributed by atoms with Gasteiger partial charge < -0.3 is 15.4 Å². The summed E-state index contributed by atoms with van der Waals surface area (Å²) < 4.78 is 6.29. The largest absolute Gasteiger partial charge is 0.374 e. The molecule has 0 radical (unpaired) electrons. The molecule has 0 aliphatic heterocycles. The molecular formula is C14H16BrClN4O.